The second-order valence-corrected chi connectivity index (χ2v) is 6.47. The highest BCUT2D eigenvalue weighted by Gasteiger charge is 2.17. The molecule has 3 rings (SSSR count). The number of hydrogen-bond acceptors (Lipinski definition) is 3. The van der Waals surface area contributed by atoms with E-state index in [1.54, 1.807) is 19.2 Å². The number of carbonyl (C=O) groups excluding carboxylic acids is 1. The highest BCUT2D eigenvalue weighted by Crippen LogP contribution is 2.26. The summed E-state index contributed by atoms with van der Waals surface area (Å²) in [5.41, 5.74) is 3.51. The van der Waals surface area contributed by atoms with Crippen LogP contribution in [0.1, 0.15) is 33.9 Å². The van der Waals surface area contributed by atoms with Crippen molar-refractivity contribution in [3.05, 3.63) is 95.3 Å². The summed E-state index contributed by atoms with van der Waals surface area (Å²) < 4.78 is 18.4. The van der Waals surface area contributed by atoms with Crippen molar-refractivity contribution in [3.63, 3.8) is 0 Å². The van der Waals surface area contributed by atoms with Crippen LogP contribution < -0.4 is 10.1 Å². The fraction of sp³-hybridized carbons (Fsp3) is 0.174. The van der Waals surface area contributed by atoms with E-state index < -0.39 is 0 Å². The van der Waals surface area contributed by atoms with Crippen LogP contribution in [0.15, 0.2) is 72.8 Å². The maximum atomic E-state index is 13.2. The molecule has 0 fully saturated rings. The van der Waals surface area contributed by atoms with Crippen molar-refractivity contribution in [2.75, 3.05) is 12.4 Å². The number of hydrogen-bond donors (Lipinski definition) is 1. The number of Topliss-reactive ketones (excluding diaryl/α,β-unsaturated/α-hetero) is 1. The van der Waals surface area contributed by atoms with Crippen molar-refractivity contribution in [3.8, 4) is 5.75 Å². The number of benzene rings is 3. The molecule has 3 aromatic carbocycles. The molecule has 0 unspecified atom stereocenters. The van der Waals surface area contributed by atoms with Gasteiger partial charge in [0, 0.05) is 17.7 Å². The molecule has 0 aliphatic carbocycles. The molecule has 0 saturated heterocycles. The molecule has 0 radical (unpaired) electrons. The minimum absolute atomic E-state index is 0.0467. The fourth-order valence-corrected chi connectivity index (χ4v) is 2.88. The van der Waals surface area contributed by atoms with Gasteiger partial charge >= 0.3 is 0 Å². The molecule has 0 heterocycles. The van der Waals surface area contributed by atoms with E-state index in [0.29, 0.717) is 5.56 Å². The van der Waals surface area contributed by atoms with Crippen LogP contribution >= 0.6 is 0 Å². The lowest BCUT2D eigenvalue weighted by atomic mass is 9.97. The summed E-state index contributed by atoms with van der Waals surface area (Å²) >= 11 is 0. The van der Waals surface area contributed by atoms with Crippen LogP contribution in [0.4, 0.5) is 10.1 Å². The van der Waals surface area contributed by atoms with Crippen molar-refractivity contribution in [1.82, 2.24) is 0 Å². The predicted octanol–water partition coefficient (Wildman–Crippen LogP) is 5.57. The van der Waals surface area contributed by atoms with E-state index in [0.717, 1.165) is 22.6 Å². The van der Waals surface area contributed by atoms with Crippen molar-refractivity contribution in [2.24, 2.45) is 0 Å². The van der Waals surface area contributed by atoms with E-state index in [4.69, 9.17) is 4.74 Å². The maximum absolute atomic E-state index is 13.2. The van der Waals surface area contributed by atoms with Crippen LogP contribution in [0.2, 0.25) is 0 Å². The zero-order valence-electron chi connectivity index (χ0n) is 15.4. The first-order chi connectivity index (χ1) is 13.0. The molecular formula is C23H22FNO2. The normalized spacial score (nSPS) is 11.7. The molecule has 0 bridgehead atoms. The number of ketones is 1. The van der Waals surface area contributed by atoms with Crippen LogP contribution in [0.25, 0.3) is 0 Å². The molecule has 27 heavy (non-hydrogen) atoms. The standard InChI is InChI=1S/C23H22FNO2/c1-16-3-5-18(6-4-16)23(26)15-22(17-7-13-21(27-2)14-8-17)25-20-11-9-19(24)10-12-20/h3-14,22,25H,15H2,1-2H3/t22-/m0/s1. The molecule has 0 amide bonds. The minimum atomic E-state index is -0.294. The van der Waals surface area contributed by atoms with Crippen molar-refractivity contribution < 1.29 is 13.9 Å². The van der Waals surface area contributed by atoms with Gasteiger partial charge in [0.25, 0.3) is 0 Å². The summed E-state index contributed by atoms with van der Waals surface area (Å²) in [4.78, 5) is 12.8. The van der Waals surface area contributed by atoms with Crippen LogP contribution in [0.3, 0.4) is 0 Å². The van der Waals surface area contributed by atoms with Gasteiger partial charge in [0.15, 0.2) is 5.78 Å². The van der Waals surface area contributed by atoms with Crippen LogP contribution in [-0.4, -0.2) is 12.9 Å². The Hall–Kier alpha value is -3.14. The molecule has 0 aromatic heterocycles. The summed E-state index contributed by atoms with van der Waals surface area (Å²) in [7, 11) is 1.62. The summed E-state index contributed by atoms with van der Waals surface area (Å²) in [5, 5.41) is 3.34. The summed E-state index contributed by atoms with van der Waals surface area (Å²) in [6.45, 7) is 1.99. The van der Waals surface area contributed by atoms with Gasteiger partial charge in [0.1, 0.15) is 11.6 Å². The molecule has 4 heteroatoms. The third-order valence-electron chi connectivity index (χ3n) is 4.47. The molecule has 138 valence electrons. The van der Waals surface area contributed by atoms with E-state index >= 15 is 0 Å². The SMILES string of the molecule is COc1ccc([C@H](CC(=O)c2ccc(C)cc2)Nc2ccc(F)cc2)cc1. The molecule has 3 nitrogen and oxygen atoms in total. The van der Waals surface area contributed by atoms with Gasteiger partial charge in [-0.3, -0.25) is 4.79 Å². The number of halogens is 1. The van der Waals surface area contributed by atoms with Gasteiger partial charge < -0.3 is 10.1 Å². The Bertz CT molecular complexity index is 887. The van der Waals surface area contributed by atoms with Crippen molar-refractivity contribution in [2.45, 2.75) is 19.4 Å². The number of methoxy groups -OCH3 is 1. The highest BCUT2D eigenvalue weighted by molar-refractivity contribution is 5.96. The lowest BCUT2D eigenvalue weighted by Gasteiger charge is -2.20. The molecule has 0 aliphatic heterocycles. The van der Waals surface area contributed by atoms with Gasteiger partial charge in [-0.25, -0.2) is 4.39 Å². The third kappa shape index (κ3) is 4.94. The van der Waals surface area contributed by atoms with Gasteiger partial charge in [0.2, 0.25) is 0 Å². The number of nitrogens with one attached hydrogen (secondary N) is 1. The highest BCUT2D eigenvalue weighted by atomic mass is 19.1. The van der Waals surface area contributed by atoms with Gasteiger partial charge in [-0.2, -0.15) is 0 Å². The Balaban J connectivity index is 1.84. The van der Waals surface area contributed by atoms with E-state index in [1.807, 2.05) is 55.5 Å². The molecular weight excluding hydrogens is 341 g/mol. The van der Waals surface area contributed by atoms with E-state index in [-0.39, 0.29) is 24.1 Å². The predicted molar refractivity (Wildman–Crippen MR) is 106 cm³/mol. The summed E-state index contributed by atoms with van der Waals surface area (Å²) in [5.74, 6) is 0.506. The first-order valence-corrected chi connectivity index (χ1v) is 8.81. The number of anilines is 1. The Kier molecular flexibility index (Phi) is 5.87. The van der Waals surface area contributed by atoms with Crippen molar-refractivity contribution in [1.29, 1.82) is 0 Å². The van der Waals surface area contributed by atoms with Gasteiger partial charge in [-0.1, -0.05) is 42.0 Å². The third-order valence-corrected chi connectivity index (χ3v) is 4.47. The van der Waals surface area contributed by atoms with Crippen LogP contribution in [0.5, 0.6) is 5.75 Å². The molecule has 1 N–H and O–H groups in total. The summed E-state index contributed by atoms with van der Waals surface area (Å²) in [6.07, 6.45) is 0.284. The molecule has 3 aromatic rings. The minimum Gasteiger partial charge on any atom is -0.497 e. The smallest absolute Gasteiger partial charge is 0.165 e. The second-order valence-electron chi connectivity index (χ2n) is 6.47. The Morgan fingerprint density at radius 3 is 2.19 bits per heavy atom. The molecule has 0 saturated carbocycles. The monoisotopic (exact) mass is 363 g/mol. The van der Waals surface area contributed by atoms with Crippen molar-refractivity contribution >= 4 is 11.5 Å². The van der Waals surface area contributed by atoms with Gasteiger partial charge in [-0.15, -0.1) is 0 Å². The Morgan fingerprint density at radius 2 is 1.59 bits per heavy atom. The topological polar surface area (TPSA) is 38.3 Å². The Labute approximate surface area is 158 Å². The lowest BCUT2D eigenvalue weighted by molar-refractivity contribution is 0.0976. The fourth-order valence-electron chi connectivity index (χ4n) is 2.88. The summed E-state index contributed by atoms with van der Waals surface area (Å²) in [6, 6.07) is 21.1. The quantitative estimate of drug-likeness (QED) is 0.558. The molecule has 0 spiro atoms. The number of rotatable bonds is 7. The Morgan fingerprint density at radius 1 is 0.963 bits per heavy atom. The number of ether oxygens (including phenoxy) is 1. The van der Waals surface area contributed by atoms with Crippen LogP contribution in [-0.2, 0) is 0 Å². The number of carbonyl (C=O) groups is 1. The van der Waals surface area contributed by atoms with Crippen LogP contribution in [0, 0.1) is 12.7 Å². The maximum Gasteiger partial charge on any atom is 0.165 e. The van der Waals surface area contributed by atoms with Gasteiger partial charge in [0.05, 0.1) is 13.2 Å². The van der Waals surface area contributed by atoms with Gasteiger partial charge in [-0.05, 0) is 48.9 Å². The molecule has 0 aliphatic rings. The largest absolute Gasteiger partial charge is 0.497 e. The molecule has 1 atom stereocenters. The number of aryl methyl sites for hydroxylation is 1. The second kappa shape index (κ2) is 8.49. The average Bonchev–Trinajstić information content (AvgIpc) is 2.69. The first-order valence-electron chi connectivity index (χ1n) is 8.81. The zero-order valence-corrected chi connectivity index (χ0v) is 15.4. The van der Waals surface area contributed by atoms with E-state index in [9.17, 15) is 9.18 Å². The lowest BCUT2D eigenvalue weighted by Crippen LogP contribution is -2.16. The zero-order chi connectivity index (χ0) is 19.2. The van der Waals surface area contributed by atoms with E-state index in [2.05, 4.69) is 5.32 Å². The average molecular weight is 363 g/mol. The van der Waals surface area contributed by atoms with E-state index in [1.165, 1.54) is 12.1 Å². The first kappa shape index (κ1) is 18.6.